The van der Waals surface area contributed by atoms with Crippen LogP contribution in [0.2, 0.25) is 0 Å². The van der Waals surface area contributed by atoms with Gasteiger partial charge in [-0.15, -0.1) is 0 Å². The number of benzene rings is 1. The third-order valence-corrected chi connectivity index (χ3v) is 3.09. The minimum atomic E-state index is -0.897. The van der Waals surface area contributed by atoms with E-state index in [-0.39, 0.29) is 6.61 Å². The molecule has 20 heavy (non-hydrogen) atoms. The van der Waals surface area contributed by atoms with Crippen molar-refractivity contribution in [1.82, 2.24) is 0 Å². The first-order valence-electron chi connectivity index (χ1n) is 6.69. The zero-order valence-electron chi connectivity index (χ0n) is 12.0. The molecule has 0 unspecified atom stereocenters. The van der Waals surface area contributed by atoms with Gasteiger partial charge >= 0.3 is 0 Å². The second-order valence-corrected chi connectivity index (χ2v) is 4.43. The number of hydrogen-bond acceptors (Lipinski definition) is 5. The van der Waals surface area contributed by atoms with Gasteiger partial charge < -0.3 is 24.1 Å². The first kappa shape index (κ1) is 14.5. The molecule has 0 saturated carbocycles. The Bertz CT molecular complexity index is 460. The molecule has 0 amide bonds. The predicted octanol–water partition coefficient (Wildman–Crippen LogP) is 2.67. The van der Waals surface area contributed by atoms with Gasteiger partial charge in [-0.05, 0) is 26.0 Å². The van der Waals surface area contributed by atoms with Gasteiger partial charge in [0.25, 0.3) is 5.79 Å². The molecule has 0 saturated heterocycles. The summed E-state index contributed by atoms with van der Waals surface area (Å²) in [5, 5.41) is 9.54. The maximum Gasteiger partial charge on any atom is 0.274 e. The summed E-state index contributed by atoms with van der Waals surface area (Å²) in [7, 11) is 0. The van der Waals surface area contributed by atoms with E-state index in [0.717, 1.165) is 5.56 Å². The van der Waals surface area contributed by atoms with Crippen LogP contribution in [0.3, 0.4) is 0 Å². The SMILES string of the molecule is CCOc1cc(C2(C)OC=CO2)cc(OCC)c1CO. The smallest absolute Gasteiger partial charge is 0.274 e. The first-order chi connectivity index (χ1) is 9.64. The Hall–Kier alpha value is -1.88. The maximum absolute atomic E-state index is 9.54. The average molecular weight is 280 g/mol. The number of aliphatic hydroxyl groups excluding tert-OH is 1. The Morgan fingerprint density at radius 3 is 1.95 bits per heavy atom. The fourth-order valence-electron chi connectivity index (χ4n) is 2.09. The lowest BCUT2D eigenvalue weighted by molar-refractivity contribution is -0.133. The van der Waals surface area contributed by atoms with Crippen LogP contribution >= 0.6 is 0 Å². The lowest BCUT2D eigenvalue weighted by atomic mass is 10.0. The van der Waals surface area contributed by atoms with Crippen molar-refractivity contribution >= 4 is 0 Å². The van der Waals surface area contributed by atoms with Gasteiger partial charge in [0.2, 0.25) is 0 Å². The van der Waals surface area contributed by atoms with Crippen molar-refractivity contribution in [3.63, 3.8) is 0 Å². The van der Waals surface area contributed by atoms with Crippen molar-refractivity contribution in [2.45, 2.75) is 33.2 Å². The van der Waals surface area contributed by atoms with Crippen molar-refractivity contribution in [1.29, 1.82) is 0 Å². The van der Waals surface area contributed by atoms with Gasteiger partial charge in [0.05, 0.1) is 25.4 Å². The van der Waals surface area contributed by atoms with E-state index < -0.39 is 5.79 Å². The van der Waals surface area contributed by atoms with Crippen molar-refractivity contribution in [2.24, 2.45) is 0 Å². The molecular weight excluding hydrogens is 260 g/mol. The Balaban J connectivity index is 2.47. The van der Waals surface area contributed by atoms with E-state index in [0.29, 0.717) is 30.3 Å². The Morgan fingerprint density at radius 2 is 1.55 bits per heavy atom. The number of aliphatic hydroxyl groups is 1. The molecule has 2 rings (SSSR count). The maximum atomic E-state index is 9.54. The molecule has 0 aromatic heterocycles. The van der Waals surface area contributed by atoms with Gasteiger partial charge in [-0.2, -0.15) is 0 Å². The summed E-state index contributed by atoms with van der Waals surface area (Å²) in [6.07, 6.45) is 3.00. The molecule has 5 heteroatoms. The zero-order chi connectivity index (χ0) is 14.6. The first-order valence-corrected chi connectivity index (χ1v) is 6.69. The predicted molar refractivity (Wildman–Crippen MR) is 73.4 cm³/mol. The largest absolute Gasteiger partial charge is 0.493 e. The second kappa shape index (κ2) is 6.05. The number of rotatable bonds is 6. The highest BCUT2D eigenvalue weighted by molar-refractivity contribution is 5.49. The lowest BCUT2D eigenvalue weighted by Crippen LogP contribution is -2.22. The molecule has 1 aliphatic rings. The Labute approximate surface area is 118 Å². The third-order valence-electron chi connectivity index (χ3n) is 3.09. The van der Waals surface area contributed by atoms with Crippen LogP contribution in [0.5, 0.6) is 11.5 Å². The van der Waals surface area contributed by atoms with E-state index >= 15 is 0 Å². The summed E-state index contributed by atoms with van der Waals surface area (Å²) in [5.74, 6) is 0.263. The van der Waals surface area contributed by atoms with Crippen LogP contribution in [-0.2, 0) is 21.9 Å². The minimum Gasteiger partial charge on any atom is -0.493 e. The molecule has 1 aromatic rings. The summed E-state index contributed by atoms with van der Waals surface area (Å²) >= 11 is 0. The monoisotopic (exact) mass is 280 g/mol. The molecule has 0 aliphatic carbocycles. The van der Waals surface area contributed by atoms with E-state index in [4.69, 9.17) is 18.9 Å². The van der Waals surface area contributed by atoms with Crippen LogP contribution in [0.15, 0.2) is 24.7 Å². The minimum absolute atomic E-state index is 0.151. The number of ether oxygens (including phenoxy) is 4. The molecule has 5 nitrogen and oxygen atoms in total. The van der Waals surface area contributed by atoms with Gasteiger partial charge in [-0.25, -0.2) is 0 Å². The van der Waals surface area contributed by atoms with Crippen LogP contribution < -0.4 is 9.47 Å². The highest BCUT2D eigenvalue weighted by atomic mass is 16.7. The zero-order valence-corrected chi connectivity index (χ0v) is 12.0. The molecule has 0 spiro atoms. The normalized spacial score (nSPS) is 15.6. The number of hydrogen-bond donors (Lipinski definition) is 1. The molecule has 1 aliphatic heterocycles. The molecular formula is C15H20O5. The second-order valence-electron chi connectivity index (χ2n) is 4.43. The van der Waals surface area contributed by atoms with Crippen molar-refractivity contribution in [3.05, 3.63) is 35.8 Å². The van der Waals surface area contributed by atoms with Crippen LogP contribution in [-0.4, -0.2) is 18.3 Å². The average Bonchev–Trinajstić information content (AvgIpc) is 2.87. The van der Waals surface area contributed by atoms with E-state index in [1.807, 2.05) is 32.9 Å². The summed E-state index contributed by atoms with van der Waals surface area (Å²) in [5.41, 5.74) is 1.40. The van der Waals surface area contributed by atoms with Crippen molar-refractivity contribution < 1.29 is 24.1 Å². The van der Waals surface area contributed by atoms with E-state index in [1.54, 1.807) is 0 Å². The summed E-state index contributed by atoms with van der Waals surface area (Å²) < 4.78 is 22.2. The van der Waals surface area contributed by atoms with Crippen molar-refractivity contribution in [2.75, 3.05) is 13.2 Å². The standard InChI is InChI=1S/C15H20O5/c1-4-17-13-8-11(15(3)19-6-7-20-15)9-14(18-5-2)12(13)10-16/h6-9,16H,4-5,10H2,1-3H3. The lowest BCUT2D eigenvalue weighted by Gasteiger charge is -2.25. The topological polar surface area (TPSA) is 57.2 Å². The molecule has 0 atom stereocenters. The highest BCUT2D eigenvalue weighted by Crippen LogP contribution is 2.39. The summed E-state index contributed by atoms with van der Waals surface area (Å²) in [6, 6.07) is 3.62. The summed E-state index contributed by atoms with van der Waals surface area (Å²) in [6.45, 7) is 6.44. The third kappa shape index (κ3) is 2.67. The Morgan fingerprint density at radius 1 is 1.05 bits per heavy atom. The van der Waals surface area contributed by atoms with Gasteiger partial charge in [0.1, 0.15) is 24.0 Å². The van der Waals surface area contributed by atoms with E-state index in [2.05, 4.69) is 0 Å². The van der Waals surface area contributed by atoms with Gasteiger partial charge in [-0.3, -0.25) is 0 Å². The van der Waals surface area contributed by atoms with Crippen LogP contribution in [0, 0.1) is 0 Å². The molecule has 1 aromatic carbocycles. The molecule has 0 bridgehead atoms. The van der Waals surface area contributed by atoms with Gasteiger partial charge in [0.15, 0.2) is 0 Å². The van der Waals surface area contributed by atoms with Crippen LogP contribution in [0.25, 0.3) is 0 Å². The van der Waals surface area contributed by atoms with Gasteiger partial charge in [0, 0.05) is 12.5 Å². The highest BCUT2D eigenvalue weighted by Gasteiger charge is 2.34. The van der Waals surface area contributed by atoms with E-state index in [9.17, 15) is 5.11 Å². The quantitative estimate of drug-likeness (QED) is 0.868. The van der Waals surface area contributed by atoms with Crippen LogP contribution in [0.1, 0.15) is 31.9 Å². The molecule has 0 radical (unpaired) electrons. The summed E-state index contributed by atoms with van der Waals surface area (Å²) in [4.78, 5) is 0. The van der Waals surface area contributed by atoms with Crippen LogP contribution in [0.4, 0.5) is 0 Å². The molecule has 1 N–H and O–H groups in total. The Kier molecular flexibility index (Phi) is 4.39. The molecule has 110 valence electrons. The fourth-order valence-corrected chi connectivity index (χ4v) is 2.09. The van der Waals surface area contributed by atoms with E-state index in [1.165, 1.54) is 12.5 Å². The molecule has 0 fully saturated rings. The van der Waals surface area contributed by atoms with Crippen molar-refractivity contribution in [3.8, 4) is 11.5 Å². The fraction of sp³-hybridized carbons (Fsp3) is 0.467. The molecule has 1 heterocycles. The van der Waals surface area contributed by atoms with Gasteiger partial charge in [-0.1, -0.05) is 0 Å².